The van der Waals surface area contributed by atoms with Gasteiger partial charge in [0.2, 0.25) is 0 Å². The van der Waals surface area contributed by atoms with Crippen LogP contribution in [0.5, 0.6) is 0 Å². The molecule has 3 heteroatoms. The average Bonchev–Trinajstić information content (AvgIpc) is 2.86. The molecule has 2 aliphatic rings. The smallest absolute Gasteiger partial charge is 0.0642 e. The number of benzene rings is 1. The largest absolute Gasteiger partial charge is 0.378 e. The first-order valence-corrected chi connectivity index (χ1v) is 7.38. The van der Waals surface area contributed by atoms with Gasteiger partial charge in [-0.15, -0.1) is 0 Å². The standard InChI is InChI=1S/C16H20N2O/c1-2-4-15-13(3-1)14-11-12(5-6-16(14)17-15)18-7-9-19-10-8-18/h5-6,11,17H,1-4,7-10H2. The van der Waals surface area contributed by atoms with E-state index in [1.165, 1.54) is 48.0 Å². The maximum atomic E-state index is 5.44. The molecule has 0 amide bonds. The van der Waals surface area contributed by atoms with Crippen LogP contribution in [0.1, 0.15) is 24.1 Å². The van der Waals surface area contributed by atoms with E-state index in [-0.39, 0.29) is 0 Å². The lowest BCUT2D eigenvalue weighted by molar-refractivity contribution is 0.122. The van der Waals surface area contributed by atoms with Crippen LogP contribution in [0.15, 0.2) is 18.2 Å². The summed E-state index contributed by atoms with van der Waals surface area (Å²) in [6.07, 6.45) is 5.12. The number of nitrogens with zero attached hydrogens (tertiary/aromatic N) is 1. The van der Waals surface area contributed by atoms with Crippen molar-refractivity contribution in [1.29, 1.82) is 0 Å². The maximum absolute atomic E-state index is 5.44. The molecule has 2 aromatic rings. The Kier molecular flexibility index (Phi) is 2.73. The SMILES string of the molecule is c1cc2[nH]c3c(c2cc1N1CCOCC1)CCCC3. The average molecular weight is 256 g/mol. The highest BCUT2D eigenvalue weighted by Gasteiger charge is 2.17. The van der Waals surface area contributed by atoms with Gasteiger partial charge in [0.25, 0.3) is 0 Å². The molecule has 1 N–H and O–H groups in total. The van der Waals surface area contributed by atoms with Crippen LogP contribution in [0, 0.1) is 0 Å². The number of rotatable bonds is 1. The van der Waals surface area contributed by atoms with E-state index in [4.69, 9.17) is 4.74 Å². The first-order valence-electron chi connectivity index (χ1n) is 7.38. The Hall–Kier alpha value is -1.48. The molecule has 100 valence electrons. The first kappa shape index (κ1) is 11.4. The van der Waals surface area contributed by atoms with Crippen molar-refractivity contribution in [2.45, 2.75) is 25.7 Å². The fourth-order valence-electron chi connectivity index (χ4n) is 3.41. The Morgan fingerprint density at radius 3 is 2.79 bits per heavy atom. The number of hydrogen-bond donors (Lipinski definition) is 1. The predicted molar refractivity (Wildman–Crippen MR) is 78.0 cm³/mol. The van der Waals surface area contributed by atoms with Crippen LogP contribution in [-0.2, 0) is 17.6 Å². The zero-order chi connectivity index (χ0) is 12.7. The molecule has 1 aromatic carbocycles. The number of nitrogens with one attached hydrogen (secondary N) is 1. The number of H-pyrrole nitrogens is 1. The number of aryl methyl sites for hydroxylation is 2. The van der Waals surface area contributed by atoms with Gasteiger partial charge in [0.1, 0.15) is 0 Å². The predicted octanol–water partition coefficient (Wildman–Crippen LogP) is 2.88. The molecule has 1 fully saturated rings. The summed E-state index contributed by atoms with van der Waals surface area (Å²) in [7, 11) is 0. The van der Waals surface area contributed by atoms with Crippen LogP contribution in [-0.4, -0.2) is 31.3 Å². The fourth-order valence-corrected chi connectivity index (χ4v) is 3.41. The van der Waals surface area contributed by atoms with Gasteiger partial charge >= 0.3 is 0 Å². The van der Waals surface area contributed by atoms with Gasteiger partial charge in [0.15, 0.2) is 0 Å². The normalized spacial score (nSPS) is 19.7. The van der Waals surface area contributed by atoms with Gasteiger partial charge in [-0.1, -0.05) is 0 Å². The molecule has 4 rings (SSSR count). The second kappa shape index (κ2) is 4.57. The molecule has 0 radical (unpaired) electrons. The van der Waals surface area contributed by atoms with Crippen LogP contribution in [0.4, 0.5) is 5.69 Å². The summed E-state index contributed by atoms with van der Waals surface area (Å²) in [6, 6.07) is 6.87. The van der Waals surface area contributed by atoms with Gasteiger partial charge in [-0.05, 0) is 49.4 Å². The second-order valence-corrected chi connectivity index (χ2v) is 5.62. The van der Waals surface area contributed by atoms with Crippen LogP contribution in [0.25, 0.3) is 10.9 Å². The quantitative estimate of drug-likeness (QED) is 0.849. The van der Waals surface area contributed by atoms with Crippen LogP contribution in [0.2, 0.25) is 0 Å². The van der Waals surface area contributed by atoms with E-state index >= 15 is 0 Å². The molecule has 2 heterocycles. The Labute approximate surface area is 113 Å². The maximum Gasteiger partial charge on any atom is 0.0642 e. The number of anilines is 1. The van der Waals surface area contributed by atoms with Crippen molar-refractivity contribution in [2.24, 2.45) is 0 Å². The Morgan fingerprint density at radius 2 is 1.89 bits per heavy atom. The van der Waals surface area contributed by atoms with Crippen molar-refractivity contribution < 1.29 is 4.74 Å². The molecule has 0 atom stereocenters. The van der Waals surface area contributed by atoms with E-state index in [9.17, 15) is 0 Å². The lowest BCUT2D eigenvalue weighted by Gasteiger charge is -2.29. The number of fused-ring (bicyclic) bond motifs is 3. The zero-order valence-electron chi connectivity index (χ0n) is 11.2. The second-order valence-electron chi connectivity index (χ2n) is 5.62. The van der Waals surface area contributed by atoms with Crippen LogP contribution < -0.4 is 4.90 Å². The van der Waals surface area contributed by atoms with Crippen molar-refractivity contribution >= 4 is 16.6 Å². The lowest BCUT2D eigenvalue weighted by atomic mass is 9.95. The third-order valence-corrected chi connectivity index (χ3v) is 4.46. The van der Waals surface area contributed by atoms with Crippen LogP contribution >= 0.6 is 0 Å². The summed E-state index contributed by atoms with van der Waals surface area (Å²) in [5, 5.41) is 1.44. The monoisotopic (exact) mass is 256 g/mol. The fraction of sp³-hybridized carbons (Fsp3) is 0.500. The highest BCUT2D eigenvalue weighted by atomic mass is 16.5. The Balaban J connectivity index is 1.77. The minimum Gasteiger partial charge on any atom is -0.378 e. The molecular weight excluding hydrogens is 236 g/mol. The van der Waals surface area contributed by atoms with E-state index in [0.29, 0.717) is 0 Å². The molecule has 3 nitrogen and oxygen atoms in total. The molecule has 0 spiro atoms. The van der Waals surface area contributed by atoms with E-state index < -0.39 is 0 Å². The van der Waals surface area contributed by atoms with Crippen molar-refractivity contribution in [3.63, 3.8) is 0 Å². The lowest BCUT2D eigenvalue weighted by Crippen LogP contribution is -2.36. The number of aromatic nitrogens is 1. The summed E-state index contributed by atoms with van der Waals surface area (Å²) in [4.78, 5) is 6.04. The van der Waals surface area contributed by atoms with Gasteiger partial charge < -0.3 is 14.6 Å². The third-order valence-electron chi connectivity index (χ3n) is 4.46. The number of ether oxygens (including phenoxy) is 1. The van der Waals surface area contributed by atoms with Gasteiger partial charge in [-0.25, -0.2) is 0 Å². The van der Waals surface area contributed by atoms with Crippen molar-refractivity contribution in [2.75, 3.05) is 31.2 Å². The molecule has 0 bridgehead atoms. The van der Waals surface area contributed by atoms with E-state index in [2.05, 4.69) is 28.1 Å². The molecule has 19 heavy (non-hydrogen) atoms. The van der Waals surface area contributed by atoms with Crippen molar-refractivity contribution in [3.05, 3.63) is 29.5 Å². The Bertz CT molecular complexity index is 596. The summed E-state index contributed by atoms with van der Waals surface area (Å²) < 4.78 is 5.44. The van der Waals surface area contributed by atoms with Gasteiger partial charge in [-0.3, -0.25) is 0 Å². The molecular formula is C16H20N2O. The van der Waals surface area contributed by atoms with E-state index in [0.717, 1.165) is 26.3 Å². The van der Waals surface area contributed by atoms with Gasteiger partial charge in [0.05, 0.1) is 13.2 Å². The summed E-state index contributed by atoms with van der Waals surface area (Å²) in [5.41, 5.74) is 5.70. The molecule has 0 saturated carbocycles. The van der Waals surface area contributed by atoms with Crippen LogP contribution in [0.3, 0.4) is 0 Å². The third kappa shape index (κ3) is 1.93. The highest BCUT2D eigenvalue weighted by molar-refractivity contribution is 5.88. The van der Waals surface area contributed by atoms with E-state index in [1.54, 1.807) is 5.56 Å². The molecule has 0 unspecified atom stereocenters. The summed E-state index contributed by atoms with van der Waals surface area (Å²) >= 11 is 0. The number of aromatic amines is 1. The molecule has 1 aliphatic heterocycles. The summed E-state index contributed by atoms with van der Waals surface area (Å²) in [6.45, 7) is 3.73. The topological polar surface area (TPSA) is 28.3 Å². The zero-order valence-corrected chi connectivity index (χ0v) is 11.2. The Morgan fingerprint density at radius 1 is 1.05 bits per heavy atom. The van der Waals surface area contributed by atoms with Gasteiger partial charge in [0, 0.05) is 35.4 Å². The number of hydrogen-bond acceptors (Lipinski definition) is 2. The molecule has 1 saturated heterocycles. The van der Waals surface area contributed by atoms with Crippen molar-refractivity contribution in [3.8, 4) is 0 Å². The van der Waals surface area contributed by atoms with E-state index in [1.807, 2.05) is 0 Å². The van der Waals surface area contributed by atoms with Gasteiger partial charge in [-0.2, -0.15) is 0 Å². The van der Waals surface area contributed by atoms with Crippen molar-refractivity contribution in [1.82, 2.24) is 4.98 Å². The summed E-state index contributed by atoms with van der Waals surface area (Å²) in [5.74, 6) is 0. The first-order chi connectivity index (χ1) is 9.42. The number of morpholine rings is 1. The molecule has 1 aromatic heterocycles. The minimum atomic E-state index is 0.850. The molecule has 1 aliphatic carbocycles. The highest BCUT2D eigenvalue weighted by Crippen LogP contribution is 2.31. The minimum absolute atomic E-state index is 0.850.